The lowest BCUT2D eigenvalue weighted by Gasteiger charge is -2.37. The van der Waals surface area contributed by atoms with Crippen LogP contribution in [0.15, 0.2) is 22.3 Å². The van der Waals surface area contributed by atoms with Crippen LogP contribution in [0.3, 0.4) is 0 Å². The van der Waals surface area contributed by atoms with E-state index in [-0.39, 0.29) is 48.2 Å². The molecule has 155 valence electrons. The Morgan fingerprint density at radius 3 is 1.44 bits per heavy atom. The van der Waals surface area contributed by atoms with Crippen LogP contribution in [0.5, 0.6) is 0 Å². The molecule has 0 atom stereocenters. The largest absolute Gasteiger partial charge is 0.478 e. The highest BCUT2D eigenvalue weighted by molar-refractivity contribution is 7.87. The van der Waals surface area contributed by atoms with Crippen molar-refractivity contribution < 1.29 is 32.8 Å². The Morgan fingerprint density at radius 2 is 1.26 bits per heavy atom. The molecule has 0 aromatic heterocycles. The summed E-state index contributed by atoms with van der Waals surface area (Å²) in [4.78, 5) is 23.2. The summed E-state index contributed by atoms with van der Waals surface area (Å²) in [6, 6.07) is 0. The van der Waals surface area contributed by atoms with E-state index in [2.05, 4.69) is 17.6 Å². The second-order valence-corrected chi connectivity index (χ2v) is 7.72. The number of hydrogen-bond donors (Lipinski definition) is 5. The standard InChI is InChI=1S/C17H29N2O7S/c1-6-17(27(24,25)26,13(7-9-18-4)11(2)15(20)21)14(8-10-19-5)12(3)16(22)23/h18-19H,1,6-10H2,2-5H3,(H,20,21)(H,22,23)(H,24,25,26). The zero-order chi connectivity index (χ0) is 21.4. The predicted octanol–water partition coefficient (Wildman–Crippen LogP) is 0.858. The molecule has 9 nitrogen and oxygen atoms in total. The molecule has 0 aliphatic carbocycles. The van der Waals surface area contributed by atoms with Gasteiger partial charge in [-0.3, -0.25) is 4.55 Å². The minimum atomic E-state index is -4.95. The molecule has 1 radical (unpaired) electrons. The SMILES string of the molecule is [CH2]CC(C(CCNC)=C(C)C(=O)O)(C(CCNC)=C(C)C(=O)O)S(=O)(=O)O. The number of nitrogens with one attached hydrogen (secondary N) is 2. The Balaban J connectivity index is 7.26. The summed E-state index contributed by atoms with van der Waals surface area (Å²) >= 11 is 0. The van der Waals surface area contributed by atoms with Crippen LogP contribution in [0.1, 0.15) is 33.1 Å². The number of carboxylic acids is 2. The van der Waals surface area contributed by atoms with Gasteiger partial charge in [0.2, 0.25) is 0 Å². The summed E-state index contributed by atoms with van der Waals surface area (Å²) in [5.41, 5.74) is -0.722. The fraction of sp³-hybridized carbons (Fsp3) is 0.588. The van der Waals surface area contributed by atoms with Crippen molar-refractivity contribution in [3.05, 3.63) is 29.2 Å². The van der Waals surface area contributed by atoms with Gasteiger partial charge in [0.1, 0.15) is 4.75 Å². The number of carboxylic acid groups (broad SMARTS) is 2. The van der Waals surface area contributed by atoms with Crippen molar-refractivity contribution in [3.63, 3.8) is 0 Å². The lowest BCUT2D eigenvalue weighted by atomic mass is 9.79. The van der Waals surface area contributed by atoms with Crippen LogP contribution in [0, 0.1) is 6.92 Å². The van der Waals surface area contributed by atoms with Gasteiger partial charge >= 0.3 is 11.9 Å². The first-order valence-electron chi connectivity index (χ1n) is 8.34. The van der Waals surface area contributed by atoms with Gasteiger partial charge in [-0.1, -0.05) is 6.92 Å². The van der Waals surface area contributed by atoms with E-state index in [9.17, 15) is 32.8 Å². The molecule has 10 heteroatoms. The molecule has 0 saturated heterocycles. The molecule has 0 saturated carbocycles. The Hall–Kier alpha value is -1.75. The van der Waals surface area contributed by atoms with Crippen LogP contribution >= 0.6 is 0 Å². The summed E-state index contributed by atoms with van der Waals surface area (Å²) in [5.74, 6) is -2.72. The number of carbonyl (C=O) groups is 2. The molecule has 0 spiro atoms. The van der Waals surface area contributed by atoms with Gasteiger partial charge in [0.05, 0.1) is 0 Å². The van der Waals surface area contributed by atoms with Crippen molar-refractivity contribution >= 4 is 22.1 Å². The van der Waals surface area contributed by atoms with Gasteiger partial charge in [0.25, 0.3) is 10.1 Å². The van der Waals surface area contributed by atoms with Crippen molar-refractivity contribution in [3.8, 4) is 0 Å². The van der Waals surface area contributed by atoms with Crippen molar-refractivity contribution in [1.29, 1.82) is 0 Å². The second kappa shape index (κ2) is 10.5. The average molecular weight is 405 g/mol. The molecule has 5 N–H and O–H groups in total. The van der Waals surface area contributed by atoms with Gasteiger partial charge < -0.3 is 20.8 Å². The van der Waals surface area contributed by atoms with Crippen LogP contribution in [-0.2, 0) is 19.7 Å². The Labute approximate surface area is 160 Å². The fourth-order valence-electron chi connectivity index (χ4n) is 3.07. The summed E-state index contributed by atoms with van der Waals surface area (Å²) in [6.07, 6.45) is -0.515. The lowest BCUT2D eigenvalue weighted by molar-refractivity contribution is -0.133. The van der Waals surface area contributed by atoms with Crippen LogP contribution < -0.4 is 10.6 Å². The first-order chi connectivity index (χ1) is 12.4. The number of aliphatic carboxylic acids is 2. The van der Waals surface area contributed by atoms with E-state index in [1.807, 2.05) is 0 Å². The molecule has 0 unspecified atom stereocenters. The zero-order valence-corrected chi connectivity index (χ0v) is 16.9. The molecular weight excluding hydrogens is 376 g/mol. The molecule has 0 aliphatic heterocycles. The molecular formula is C17H29N2O7S. The lowest BCUT2D eigenvalue weighted by Crippen LogP contribution is -2.45. The van der Waals surface area contributed by atoms with E-state index in [0.29, 0.717) is 0 Å². The van der Waals surface area contributed by atoms with Crippen LogP contribution in [0.25, 0.3) is 0 Å². The molecule has 0 fully saturated rings. The topological polar surface area (TPSA) is 153 Å². The minimum absolute atomic E-state index is 0.0279. The van der Waals surface area contributed by atoms with Crippen molar-refractivity contribution in [2.45, 2.75) is 37.9 Å². The summed E-state index contributed by atoms with van der Waals surface area (Å²) in [6.45, 7) is 6.54. The smallest absolute Gasteiger partial charge is 0.331 e. The second-order valence-electron chi connectivity index (χ2n) is 6.08. The summed E-state index contributed by atoms with van der Waals surface area (Å²) in [5, 5.41) is 24.5. The quantitative estimate of drug-likeness (QED) is 0.235. The van der Waals surface area contributed by atoms with Crippen LogP contribution in [0.2, 0.25) is 0 Å². The van der Waals surface area contributed by atoms with Crippen LogP contribution in [0.4, 0.5) is 0 Å². The predicted molar refractivity (Wildman–Crippen MR) is 102 cm³/mol. The van der Waals surface area contributed by atoms with E-state index in [1.165, 1.54) is 13.8 Å². The van der Waals surface area contributed by atoms with Crippen molar-refractivity contribution in [1.82, 2.24) is 10.6 Å². The van der Waals surface area contributed by atoms with E-state index < -0.39 is 33.2 Å². The summed E-state index contributed by atoms with van der Waals surface area (Å²) < 4.78 is 33.1. The van der Waals surface area contributed by atoms with E-state index >= 15 is 0 Å². The van der Waals surface area contributed by atoms with Crippen molar-refractivity contribution in [2.75, 3.05) is 27.2 Å². The van der Waals surface area contributed by atoms with Gasteiger partial charge in [-0.05, 0) is 71.4 Å². The Morgan fingerprint density at radius 1 is 0.926 bits per heavy atom. The van der Waals surface area contributed by atoms with Crippen LogP contribution in [-0.4, -0.2) is 67.1 Å². The Kier molecular flexibility index (Phi) is 9.87. The summed E-state index contributed by atoms with van der Waals surface area (Å²) in [7, 11) is -1.74. The van der Waals surface area contributed by atoms with Gasteiger partial charge in [-0.25, -0.2) is 9.59 Å². The van der Waals surface area contributed by atoms with Crippen molar-refractivity contribution in [2.24, 2.45) is 0 Å². The van der Waals surface area contributed by atoms with Gasteiger partial charge in [0, 0.05) is 11.1 Å². The number of rotatable bonds is 12. The molecule has 0 aromatic rings. The molecule has 0 amide bonds. The maximum absolute atomic E-state index is 12.6. The maximum atomic E-state index is 12.6. The third-order valence-corrected chi connectivity index (χ3v) is 6.14. The normalized spacial score (nSPS) is 16.2. The molecule has 0 heterocycles. The maximum Gasteiger partial charge on any atom is 0.331 e. The third kappa shape index (κ3) is 5.61. The highest BCUT2D eigenvalue weighted by Crippen LogP contribution is 2.43. The molecule has 0 bridgehead atoms. The van der Waals surface area contributed by atoms with E-state index in [1.54, 1.807) is 14.1 Å². The fourth-order valence-corrected chi connectivity index (χ4v) is 4.46. The molecule has 0 aromatic carbocycles. The Bertz CT molecular complexity index is 682. The van der Waals surface area contributed by atoms with Gasteiger partial charge in [-0.2, -0.15) is 8.42 Å². The number of hydrogen-bond acceptors (Lipinski definition) is 6. The van der Waals surface area contributed by atoms with E-state index in [0.717, 1.165) is 0 Å². The van der Waals surface area contributed by atoms with Gasteiger partial charge in [-0.15, -0.1) is 0 Å². The average Bonchev–Trinajstić information content (AvgIpc) is 2.58. The molecule has 0 aliphatic rings. The molecule has 27 heavy (non-hydrogen) atoms. The van der Waals surface area contributed by atoms with E-state index in [4.69, 9.17) is 0 Å². The van der Waals surface area contributed by atoms with Gasteiger partial charge in [0.15, 0.2) is 0 Å². The highest BCUT2D eigenvalue weighted by Gasteiger charge is 2.50. The highest BCUT2D eigenvalue weighted by atomic mass is 32.2. The first kappa shape index (κ1) is 25.2. The third-order valence-electron chi connectivity index (χ3n) is 4.56. The zero-order valence-electron chi connectivity index (χ0n) is 16.1. The molecule has 0 rings (SSSR count). The first-order valence-corrected chi connectivity index (χ1v) is 9.78. The monoisotopic (exact) mass is 405 g/mol. The minimum Gasteiger partial charge on any atom is -0.478 e.